The number of benzene rings is 1. The van der Waals surface area contributed by atoms with Crippen LogP contribution in [-0.4, -0.2) is 36.6 Å². The second kappa shape index (κ2) is 9.24. The number of aromatic nitrogens is 2. The Morgan fingerprint density at radius 1 is 1.08 bits per heavy atom. The fourth-order valence-corrected chi connectivity index (χ4v) is 2.66. The lowest BCUT2D eigenvalue weighted by Gasteiger charge is -2.13. The van der Waals surface area contributed by atoms with Gasteiger partial charge in [0.05, 0.1) is 24.9 Å². The van der Waals surface area contributed by atoms with Crippen LogP contribution in [0.3, 0.4) is 0 Å². The van der Waals surface area contributed by atoms with Gasteiger partial charge in [-0.15, -0.1) is 0 Å². The number of nitrogens with one attached hydrogen (secondary N) is 2. The summed E-state index contributed by atoms with van der Waals surface area (Å²) in [6.45, 7) is 4.43. The molecule has 0 unspecified atom stereocenters. The van der Waals surface area contributed by atoms with Gasteiger partial charge in [0.25, 0.3) is 0 Å². The first-order valence-corrected chi connectivity index (χ1v) is 8.58. The van der Waals surface area contributed by atoms with Crippen LogP contribution in [0.1, 0.15) is 24.2 Å². The average Bonchev–Trinajstić information content (AvgIpc) is 2.59. The van der Waals surface area contributed by atoms with E-state index in [-0.39, 0.29) is 5.91 Å². The summed E-state index contributed by atoms with van der Waals surface area (Å²) in [5, 5.41) is 6.36. The Morgan fingerprint density at radius 3 is 2.35 bits per heavy atom. The minimum absolute atomic E-state index is 0.129. The molecule has 0 spiro atoms. The molecule has 1 aromatic heterocycles. The lowest BCUT2D eigenvalue weighted by atomic mass is 10.2. The van der Waals surface area contributed by atoms with Crippen LogP contribution < -0.4 is 20.1 Å². The van der Waals surface area contributed by atoms with E-state index >= 15 is 0 Å². The van der Waals surface area contributed by atoms with Crippen molar-refractivity contribution in [2.75, 3.05) is 31.4 Å². The number of hydrogen-bond donors (Lipinski definition) is 2. The maximum atomic E-state index is 12.2. The van der Waals surface area contributed by atoms with E-state index in [1.54, 1.807) is 12.1 Å². The number of rotatable bonds is 8. The second-order valence-corrected chi connectivity index (χ2v) is 6.15. The van der Waals surface area contributed by atoms with Crippen LogP contribution in [0.25, 0.3) is 0 Å². The zero-order chi connectivity index (χ0) is 19.1. The summed E-state index contributed by atoms with van der Waals surface area (Å²) in [5.74, 6) is 1.39. The van der Waals surface area contributed by atoms with Crippen molar-refractivity contribution >= 4 is 29.1 Å². The monoisotopic (exact) mass is 378 g/mol. The first kappa shape index (κ1) is 19.8. The van der Waals surface area contributed by atoms with Crippen LogP contribution in [0, 0.1) is 13.8 Å². The van der Waals surface area contributed by atoms with Crippen molar-refractivity contribution < 1.29 is 14.3 Å². The van der Waals surface area contributed by atoms with Gasteiger partial charge in [0.1, 0.15) is 11.5 Å². The summed E-state index contributed by atoms with van der Waals surface area (Å²) >= 11 is 6.06. The van der Waals surface area contributed by atoms with Crippen molar-refractivity contribution in [3.63, 3.8) is 0 Å². The topological polar surface area (TPSA) is 85.4 Å². The summed E-state index contributed by atoms with van der Waals surface area (Å²) in [5.41, 5.74) is 2.33. The van der Waals surface area contributed by atoms with Crippen LogP contribution >= 0.6 is 11.6 Å². The van der Waals surface area contributed by atoms with E-state index in [0.29, 0.717) is 47.5 Å². The lowest BCUT2D eigenvalue weighted by molar-refractivity contribution is -0.116. The molecule has 1 heterocycles. The molecular formula is C18H23ClN4O3. The number of carbonyl (C=O) groups is 1. The molecular weight excluding hydrogens is 356 g/mol. The molecule has 2 aromatic rings. The molecule has 0 radical (unpaired) electrons. The third-order valence-corrected chi connectivity index (χ3v) is 3.89. The molecule has 0 aliphatic rings. The van der Waals surface area contributed by atoms with Gasteiger partial charge in [0.2, 0.25) is 11.9 Å². The summed E-state index contributed by atoms with van der Waals surface area (Å²) in [7, 11) is 3.03. The van der Waals surface area contributed by atoms with Crippen LogP contribution in [0.2, 0.25) is 5.02 Å². The molecule has 2 rings (SSSR count). The molecule has 0 bridgehead atoms. The third kappa shape index (κ3) is 5.49. The van der Waals surface area contributed by atoms with Crippen LogP contribution in [0.15, 0.2) is 18.2 Å². The van der Waals surface area contributed by atoms with E-state index < -0.39 is 0 Å². The fraction of sp³-hybridized carbons (Fsp3) is 0.389. The molecule has 2 N–H and O–H groups in total. The lowest BCUT2D eigenvalue weighted by Crippen LogP contribution is -2.15. The number of ether oxygens (including phenoxy) is 2. The van der Waals surface area contributed by atoms with Gasteiger partial charge in [-0.25, -0.2) is 9.97 Å². The molecule has 8 heteroatoms. The summed E-state index contributed by atoms with van der Waals surface area (Å²) in [6.07, 6.45) is 0.973. The van der Waals surface area contributed by atoms with Gasteiger partial charge in [-0.1, -0.05) is 11.6 Å². The highest BCUT2D eigenvalue weighted by Crippen LogP contribution is 2.35. The van der Waals surface area contributed by atoms with Gasteiger partial charge in [-0.05, 0) is 26.3 Å². The Labute approximate surface area is 158 Å². The van der Waals surface area contributed by atoms with Gasteiger partial charge in [-0.2, -0.15) is 0 Å². The van der Waals surface area contributed by atoms with E-state index in [2.05, 4.69) is 20.6 Å². The van der Waals surface area contributed by atoms with Crippen molar-refractivity contribution in [2.24, 2.45) is 0 Å². The minimum Gasteiger partial charge on any atom is -0.495 e. The molecule has 1 amide bonds. The molecule has 0 aliphatic carbocycles. The quantitative estimate of drug-likeness (QED) is 0.683. The zero-order valence-electron chi connectivity index (χ0n) is 15.4. The number of amides is 1. The molecule has 1 aromatic carbocycles. The molecule has 140 valence electrons. The number of methoxy groups -OCH3 is 2. The van der Waals surface area contributed by atoms with Gasteiger partial charge < -0.3 is 20.1 Å². The van der Waals surface area contributed by atoms with E-state index in [1.165, 1.54) is 14.2 Å². The number of nitrogens with zero attached hydrogens (tertiary/aromatic N) is 2. The molecule has 7 nitrogen and oxygen atoms in total. The highest BCUT2D eigenvalue weighted by molar-refractivity contribution is 6.32. The SMILES string of the molecule is COc1cc(NC(=O)CCCNc2nc(C)cc(C)n2)c(OC)cc1Cl. The van der Waals surface area contributed by atoms with Crippen molar-refractivity contribution in [1.29, 1.82) is 0 Å². The van der Waals surface area contributed by atoms with E-state index in [4.69, 9.17) is 21.1 Å². The zero-order valence-corrected chi connectivity index (χ0v) is 16.1. The highest BCUT2D eigenvalue weighted by Gasteiger charge is 2.12. The average molecular weight is 379 g/mol. The molecule has 0 saturated carbocycles. The second-order valence-electron chi connectivity index (χ2n) is 5.74. The fourth-order valence-electron chi connectivity index (χ4n) is 2.42. The predicted molar refractivity (Wildman–Crippen MR) is 102 cm³/mol. The number of carbonyl (C=O) groups excluding carboxylic acids is 1. The van der Waals surface area contributed by atoms with E-state index in [1.807, 2.05) is 19.9 Å². The Kier molecular flexibility index (Phi) is 7.03. The third-order valence-electron chi connectivity index (χ3n) is 3.59. The number of anilines is 2. The minimum atomic E-state index is -0.129. The van der Waals surface area contributed by atoms with Gasteiger partial charge in [0, 0.05) is 36.5 Å². The van der Waals surface area contributed by atoms with Crippen molar-refractivity contribution in [3.8, 4) is 11.5 Å². The first-order valence-electron chi connectivity index (χ1n) is 8.20. The number of aryl methyl sites for hydroxylation is 2. The smallest absolute Gasteiger partial charge is 0.224 e. The Hall–Kier alpha value is -2.54. The van der Waals surface area contributed by atoms with E-state index in [9.17, 15) is 4.79 Å². The molecule has 0 fully saturated rings. The van der Waals surface area contributed by atoms with Gasteiger partial charge in [0.15, 0.2) is 0 Å². The van der Waals surface area contributed by atoms with Crippen LogP contribution in [0.5, 0.6) is 11.5 Å². The molecule has 26 heavy (non-hydrogen) atoms. The number of halogens is 1. The molecule has 0 aliphatic heterocycles. The van der Waals surface area contributed by atoms with E-state index in [0.717, 1.165) is 11.4 Å². The summed E-state index contributed by atoms with van der Waals surface area (Å²) in [6, 6.07) is 5.15. The van der Waals surface area contributed by atoms with Gasteiger partial charge >= 0.3 is 0 Å². The maximum Gasteiger partial charge on any atom is 0.224 e. The van der Waals surface area contributed by atoms with Crippen LogP contribution in [-0.2, 0) is 4.79 Å². The first-order chi connectivity index (χ1) is 12.4. The number of hydrogen-bond acceptors (Lipinski definition) is 6. The standard InChI is InChI=1S/C18H23ClN4O3/c1-11-8-12(2)22-18(21-11)20-7-5-6-17(24)23-14-10-15(25-3)13(19)9-16(14)26-4/h8-10H,5-7H2,1-4H3,(H,23,24)(H,20,21,22). The maximum absolute atomic E-state index is 12.2. The summed E-state index contributed by atoms with van der Waals surface area (Å²) < 4.78 is 10.4. The van der Waals surface area contributed by atoms with Gasteiger partial charge in [-0.3, -0.25) is 4.79 Å². The molecule has 0 atom stereocenters. The highest BCUT2D eigenvalue weighted by atomic mass is 35.5. The van der Waals surface area contributed by atoms with Crippen molar-refractivity contribution in [3.05, 3.63) is 34.6 Å². The predicted octanol–water partition coefficient (Wildman–Crippen LogP) is 3.59. The Balaban J connectivity index is 1.87. The normalized spacial score (nSPS) is 10.3. The van der Waals surface area contributed by atoms with Crippen molar-refractivity contribution in [1.82, 2.24) is 9.97 Å². The van der Waals surface area contributed by atoms with Crippen LogP contribution in [0.4, 0.5) is 11.6 Å². The largest absolute Gasteiger partial charge is 0.495 e. The van der Waals surface area contributed by atoms with Crippen molar-refractivity contribution in [2.45, 2.75) is 26.7 Å². The molecule has 0 saturated heterocycles. The Bertz CT molecular complexity index is 763. The summed E-state index contributed by atoms with van der Waals surface area (Å²) in [4.78, 5) is 20.8. The Morgan fingerprint density at radius 2 is 1.73 bits per heavy atom.